The molecule has 0 spiro atoms. The maximum atomic E-state index is 12.3. The first-order valence-corrected chi connectivity index (χ1v) is 21.6. The second-order valence-corrected chi connectivity index (χ2v) is 14.5. The van der Waals surface area contributed by atoms with Crippen LogP contribution in [0.4, 0.5) is 0 Å². The molecule has 1 atom stereocenters. The van der Waals surface area contributed by atoms with Gasteiger partial charge in [0, 0.05) is 6.42 Å². The summed E-state index contributed by atoms with van der Waals surface area (Å²) in [6, 6.07) is 0. The summed E-state index contributed by atoms with van der Waals surface area (Å²) in [4.78, 5) is 42.7. The molecule has 0 saturated heterocycles. The van der Waals surface area contributed by atoms with Gasteiger partial charge in [-0.25, -0.2) is 4.57 Å². The van der Waals surface area contributed by atoms with Gasteiger partial charge in [-0.3, -0.25) is 14.1 Å². The lowest BCUT2D eigenvalue weighted by Gasteiger charge is -2.18. The van der Waals surface area contributed by atoms with Crippen molar-refractivity contribution in [2.75, 3.05) is 13.2 Å². The molecule has 9 heteroatoms. The molecule has 0 aromatic heterocycles. The lowest BCUT2D eigenvalue weighted by Crippen LogP contribution is -2.29. The molecule has 0 aliphatic heterocycles. The highest BCUT2D eigenvalue weighted by atomic mass is 31.2. The molecular formula is C42H73O8P. The van der Waals surface area contributed by atoms with Crippen LogP contribution in [0.3, 0.4) is 0 Å². The molecule has 2 N–H and O–H groups in total. The quantitative estimate of drug-likeness (QED) is 0.0282. The molecular weight excluding hydrogens is 663 g/mol. The summed E-state index contributed by atoms with van der Waals surface area (Å²) in [5, 5.41) is 0. The van der Waals surface area contributed by atoms with Crippen molar-refractivity contribution < 1.29 is 37.9 Å². The van der Waals surface area contributed by atoms with Gasteiger partial charge >= 0.3 is 19.8 Å². The van der Waals surface area contributed by atoms with E-state index in [9.17, 15) is 14.2 Å². The minimum atomic E-state index is -4.78. The predicted octanol–water partition coefficient (Wildman–Crippen LogP) is 12.1. The molecule has 8 nitrogen and oxygen atoms in total. The minimum absolute atomic E-state index is 0.0206. The Hall–Kier alpha value is -2.25. The molecule has 0 saturated carbocycles. The number of phosphoric acid groups is 1. The minimum Gasteiger partial charge on any atom is -0.462 e. The fourth-order valence-corrected chi connectivity index (χ4v) is 5.75. The van der Waals surface area contributed by atoms with E-state index in [-0.39, 0.29) is 19.4 Å². The maximum absolute atomic E-state index is 12.3. The third-order valence-electron chi connectivity index (χ3n) is 8.33. The fourth-order valence-electron chi connectivity index (χ4n) is 5.39. The van der Waals surface area contributed by atoms with Crippen LogP contribution in [0.2, 0.25) is 0 Å². The van der Waals surface area contributed by atoms with Gasteiger partial charge in [-0.05, 0) is 38.5 Å². The number of phosphoric ester groups is 1. The van der Waals surface area contributed by atoms with E-state index in [1.54, 1.807) is 6.08 Å². The lowest BCUT2D eigenvalue weighted by molar-refractivity contribution is -0.160. The summed E-state index contributed by atoms with van der Waals surface area (Å²) in [6.45, 7) is 3.49. The Labute approximate surface area is 311 Å². The second-order valence-electron chi connectivity index (χ2n) is 13.3. The van der Waals surface area contributed by atoms with Crippen molar-refractivity contribution in [2.24, 2.45) is 0 Å². The van der Waals surface area contributed by atoms with Crippen LogP contribution in [0.25, 0.3) is 0 Å². The average Bonchev–Trinajstić information content (AvgIpc) is 3.10. The van der Waals surface area contributed by atoms with Crippen molar-refractivity contribution in [3.05, 3.63) is 60.8 Å². The first kappa shape index (κ1) is 48.8. The van der Waals surface area contributed by atoms with Gasteiger partial charge in [-0.2, -0.15) is 0 Å². The Morgan fingerprint density at radius 3 is 1.33 bits per heavy atom. The number of rotatable bonds is 36. The van der Waals surface area contributed by atoms with Gasteiger partial charge < -0.3 is 19.3 Å². The van der Waals surface area contributed by atoms with Crippen LogP contribution in [-0.4, -0.2) is 41.0 Å². The molecule has 0 aromatic rings. The molecule has 1 unspecified atom stereocenters. The Bertz CT molecular complexity index is 1010. The molecule has 51 heavy (non-hydrogen) atoms. The summed E-state index contributed by atoms with van der Waals surface area (Å²) in [7, 11) is -4.78. The predicted molar refractivity (Wildman–Crippen MR) is 211 cm³/mol. The standard InChI is InChI=1S/C42H73O8P/c1-3-5-7-9-11-13-15-17-19-20-21-23-24-26-28-30-32-34-36-41(43)48-38-40(39-49-51(45,46)47)50-42(44)37-35-33-31-29-27-25-22-18-16-14-12-10-8-6-4-2/h6,8,12,14,18,22,27,29,33,35,40H,3-5,7,9-11,13,15-17,19-21,23-26,28,30-32,34,36-39H2,1-2H3,(H2,45,46,47)/b8-6-,14-12-,22-18-,29-27-,35-33-. The number of ether oxygens (including phenoxy) is 2. The van der Waals surface area contributed by atoms with Crippen molar-refractivity contribution in [3.8, 4) is 0 Å². The van der Waals surface area contributed by atoms with Gasteiger partial charge in [0.1, 0.15) is 6.61 Å². The van der Waals surface area contributed by atoms with Crippen molar-refractivity contribution in [3.63, 3.8) is 0 Å². The smallest absolute Gasteiger partial charge is 0.462 e. The van der Waals surface area contributed by atoms with Crippen LogP contribution < -0.4 is 0 Å². The zero-order valence-corrected chi connectivity index (χ0v) is 33.1. The van der Waals surface area contributed by atoms with Crippen LogP contribution in [0.15, 0.2) is 60.8 Å². The zero-order chi connectivity index (χ0) is 37.5. The van der Waals surface area contributed by atoms with E-state index in [4.69, 9.17) is 19.3 Å². The highest BCUT2D eigenvalue weighted by Crippen LogP contribution is 2.35. The van der Waals surface area contributed by atoms with E-state index < -0.39 is 32.5 Å². The van der Waals surface area contributed by atoms with Crippen LogP contribution in [-0.2, 0) is 28.2 Å². The molecule has 0 fully saturated rings. The van der Waals surface area contributed by atoms with Crippen LogP contribution in [0.5, 0.6) is 0 Å². The van der Waals surface area contributed by atoms with Gasteiger partial charge in [0.25, 0.3) is 0 Å². The van der Waals surface area contributed by atoms with E-state index in [2.05, 4.69) is 60.9 Å². The number of hydrogen-bond acceptors (Lipinski definition) is 6. The Morgan fingerprint density at radius 1 is 0.529 bits per heavy atom. The monoisotopic (exact) mass is 737 g/mol. The highest BCUT2D eigenvalue weighted by molar-refractivity contribution is 7.46. The number of esters is 2. The van der Waals surface area contributed by atoms with E-state index in [0.717, 1.165) is 38.5 Å². The molecule has 0 rings (SSSR count). The van der Waals surface area contributed by atoms with E-state index >= 15 is 0 Å². The molecule has 294 valence electrons. The lowest BCUT2D eigenvalue weighted by atomic mass is 10.0. The van der Waals surface area contributed by atoms with Gasteiger partial charge in [0.2, 0.25) is 0 Å². The molecule has 0 aliphatic rings. The summed E-state index contributed by atoms with van der Waals surface area (Å²) >= 11 is 0. The van der Waals surface area contributed by atoms with Gasteiger partial charge in [0.15, 0.2) is 6.10 Å². The fraction of sp³-hybridized carbons (Fsp3) is 0.714. The number of allylic oxidation sites excluding steroid dienone is 9. The summed E-state index contributed by atoms with van der Waals surface area (Å²) in [5.41, 5.74) is 0. The maximum Gasteiger partial charge on any atom is 0.469 e. The molecule has 0 heterocycles. The SMILES string of the molecule is CC/C=C\C/C=C\C/C=C\C/C=C\C/C=C\CC(=O)OC(COC(=O)CCCCCCCCCCCCCCCCCCCC)COP(=O)(O)O. The largest absolute Gasteiger partial charge is 0.469 e. The van der Waals surface area contributed by atoms with Crippen molar-refractivity contribution in [2.45, 2.75) is 180 Å². The number of carbonyl (C=O) groups is 2. The third-order valence-corrected chi connectivity index (χ3v) is 8.82. The normalized spacial score (nSPS) is 13.1. The van der Waals surface area contributed by atoms with E-state index in [0.29, 0.717) is 12.8 Å². The van der Waals surface area contributed by atoms with Crippen molar-refractivity contribution >= 4 is 19.8 Å². The van der Waals surface area contributed by atoms with E-state index in [1.807, 2.05) is 12.2 Å². The topological polar surface area (TPSA) is 119 Å². The molecule has 0 radical (unpaired) electrons. The number of hydrogen-bond donors (Lipinski definition) is 2. The van der Waals surface area contributed by atoms with Crippen molar-refractivity contribution in [1.29, 1.82) is 0 Å². The van der Waals surface area contributed by atoms with Gasteiger partial charge in [-0.15, -0.1) is 0 Å². The Morgan fingerprint density at radius 2 is 0.922 bits per heavy atom. The summed E-state index contributed by atoms with van der Waals surface area (Å²) in [5.74, 6) is -1.03. The third kappa shape index (κ3) is 40.4. The second kappa shape index (κ2) is 37.5. The number of carbonyl (C=O) groups excluding carboxylic acids is 2. The van der Waals surface area contributed by atoms with E-state index in [1.165, 1.54) is 96.3 Å². The summed E-state index contributed by atoms with van der Waals surface area (Å²) < 4.78 is 26.2. The van der Waals surface area contributed by atoms with Crippen LogP contribution >= 0.6 is 7.82 Å². The van der Waals surface area contributed by atoms with Gasteiger partial charge in [0.05, 0.1) is 13.0 Å². The molecule has 0 amide bonds. The van der Waals surface area contributed by atoms with Gasteiger partial charge in [-0.1, -0.05) is 184 Å². The molecule has 0 aromatic carbocycles. The summed E-state index contributed by atoms with van der Waals surface area (Å²) in [6.07, 6.45) is 46.9. The highest BCUT2D eigenvalue weighted by Gasteiger charge is 2.22. The van der Waals surface area contributed by atoms with Crippen molar-refractivity contribution in [1.82, 2.24) is 0 Å². The zero-order valence-electron chi connectivity index (χ0n) is 32.2. The number of unbranched alkanes of at least 4 members (excludes halogenated alkanes) is 17. The van der Waals surface area contributed by atoms with Crippen LogP contribution in [0.1, 0.15) is 174 Å². The Balaban J connectivity index is 4.03. The molecule has 0 bridgehead atoms. The molecule has 0 aliphatic carbocycles. The first-order valence-electron chi connectivity index (χ1n) is 20.1. The Kier molecular flexibility index (Phi) is 35.9. The van der Waals surface area contributed by atoms with Crippen LogP contribution in [0, 0.1) is 0 Å². The first-order chi connectivity index (χ1) is 24.8. The average molecular weight is 737 g/mol.